The molecule has 2 nitrogen and oxygen atoms in total. The summed E-state index contributed by atoms with van der Waals surface area (Å²) in [5.74, 6) is 0. The second-order valence-corrected chi connectivity index (χ2v) is 4.28. The molecule has 2 heteroatoms. The first kappa shape index (κ1) is 8.98. The van der Waals surface area contributed by atoms with Crippen molar-refractivity contribution in [3.63, 3.8) is 0 Å². The molecule has 0 radical (unpaired) electrons. The molecule has 2 heterocycles. The molecular formula is C13H15NO. The van der Waals surface area contributed by atoms with Crippen LogP contribution in [-0.2, 0) is 4.74 Å². The van der Waals surface area contributed by atoms with Gasteiger partial charge in [0.15, 0.2) is 0 Å². The quantitative estimate of drug-likeness (QED) is 0.742. The van der Waals surface area contributed by atoms with Crippen molar-refractivity contribution in [2.45, 2.75) is 31.1 Å². The van der Waals surface area contributed by atoms with Crippen LogP contribution in [0.4, 0.5) is 5.69 Å². The van der Waals surface area contributed by atoms with Crippen molar-refractivity contribution in [2.75, 3.05) is 5.32 Å². The number of ether oxygens (including phenoxy) is 1. The molecule has 3 atom stereocenters. The largest absolute Gasteiger partial charge is 0.382 e. The smallest absolute Gasteiger partial charge is 0.0784 e. The zero-order chi connectivity index (χ0) is 10.1. The Morgan fingerprint density at radius 2 is 1.67 bits per heavy atom. The normalized spacial score (nSPS) is 32.9. The predicted octanol–water partition coefficient (Wildman–Crippen LogP) is 2.58. The average Bonchev–Trinajstić information content (AvgIpc) is 2.60. The van der Waals surface area contributed by atoms with Crippen LogP contribution in [0.1, 0.15) is 12.8 Å². The number of fused-ring (bicyclic) bond motifs is 2. The number of anilines is 1. The zero-order valence-electron chi connectivity index (χ0n) is 8.60. The lowest BCUT2D eigenvalue weighted by molar-refractivity contribution is 0.0154. The fourth-order valence-electron chi connectivity index (χ4n) is 2.38. The molecule has 2 aliphatic heterocycles. The summed E-state index contributed by atoms with van der Waals surface area (Å²) in [6.45, 7) is 0. The molecule has 1 aromatic carbocycles. The van der Waals surface area contributed by atoms with Gasteiger partial charge in [0.2, 0.25) is 0 Å². The van der Waals surface area contributed by atoms with E-state index in [4.69, 9.17) is 4.74 Å². The lowest BCUT2D eigenvalue weighted by Gasteiger charge is -2.29. The molecule has 1 unspecified atom stereocenters. The Balaban J connectivity index is 1.66. The van der Waals surface area contributed by atoms with E-state index in [2.05, 4.69) is 41.7 Å². The average molecular weight is 201 g/mol. The molecule has 2 aliphatic rings. The van der Waals surface area contributed by atoms with Gasteiger partial charge in [0.05, 0.1) is 12.2 Å². The zero-order valence-corrected chi connectivity index (χ0v) is 8.60. The van der Waals surface area contributed by atoms with Gasteiger partial charge >= 0.3 is 0 Å². The summed E-state index contributed by atoms with van der Waals surface area (Å²) in [7, 11) is 0. The molecule has 15 heavy (non-hydrogen) atoms. The summed E-state index contributed by atoms with van der Waals surface area (Å²) in [6.07, 6.45) is 7.23. The summed E-state index contributed by atoms with van der Waals surface area (Å²) < 4.78 is 5.71. The second-order valence-electron chi connectivity index (χ2n) is 4.28. The van der Waals surface area contributed by atoms with Crippen LogP contribution in [0.3, 0.4) is 0 Å². The molecule has 1 aromatic rings. The Morgan fingerprint density at radius 3 is 2.33 bits per heavy atom. The second kappa shape index (κ2) is 3.70. The highest BCUT2D eigenvalue weighted by Gasteiger charge is 2.30. The highest BCUT2D eigenvalue weighted by Crippen LogP contribution is 2.28. The maximum Gasteiger partial charge on any atom is 0.0784 e. The Hall–Kier alpha value is -1.28. The molecule has 0 amide bonds. The Bertz CT molecular complexity index is 346. The van der Waals surface area contributed by atoms with Gasteiger partial charge in [-0.3, -0.25) is 0 Å². The first-order valence-corrected chi connectivity index (χ1v) is 5.55. The molecule has 78 valence electrons. The van der Waals surface area contributed by atoms with Gasteiger partial charge in [-0.15, -0.1) is 0 Å². The standard InChI is InChI=1S/C13H15NO/c1-2-4-10(5-3-1)14-11-8-12-6-7-13(9-11)15-12/h1-7,11-14H,8-9H2/t11?,12-,13+. The first-order valence-electron chi connectivity index (χ1n) is 5.55. The van der Waals surface area contributed by atoms with Crippen molar-refractivity contribution in [3.05, 3.63) is 42.5 Å². The predicted molar refractivity (Wildman–Crippen MR) is 60.9 cm³/mol. The van der Waals surface area contributed by atoms with Gasteiger partial charge in [-0.25, -0.2) is 0 Å². The van der Waals surface area contributed by atoms with E-state index >= 15 is 0 Å². The van der Waals surface area contributed by atoms with Gasteiger partial charge in [0, 0.05) is 11.7 Å². The van der Waals surface area contributed by atoms with Gasteiger partial charge in [-0.2, -0.15) is 0 Å². The number of rotatable bonds is 2. The molecule has 2 bridgehead atoms. The first-order chi connectivity index (χ1) is 7.40. The van der Waals surface area contributed by atoms with Crippen molar-refractivity contribution < 1.29 is 4.74 Å². The van der Waals surface area contributed by atoms with Crippen molar-refractivity contribution in [1.29, 1.82) is 0 Å². The fourth-order valence-corrected chi connectivity index (χ4v) is 2.38. The molecule has 0 saturated carbocycles. The lowest BCUT2D eigenvalue weighted by Crippen LogP contribution is -2.34. The van der Waals surface area contributed by atoms with Gasteiger partial charge in [-0.05, 0) is 25.0 Å². The van der Waals surface area contributed by atoms with Crippen LogP contribution >= 0.6 is 0 Å². The van der Waals surface area contributed by atoms with Crippen LogP contribution in [0.2, 0.25) is 0 Å². The molecule has 0 aliphatic carbocycles. The molecule has 0 spiro atoms. The summed E-state index contributed by atoms with van der Waals surface area (Å²) in [5.41, 5.74) is 1.21. The fraction of sp³-hybridized carbons (Fsp3) is 0.385. The van der Waals surface area contributed by atoms with Crippen LogP contribution in [0, 0.1) is 0 Å². The Kier molecular flexibility index (Phi) is 2.22. The van der Waals surface area contributed by atoms with Gasteiger partial charge in [-0.1, -0.05) is 30.4 Å². The molecule has 1 N–H and O–H groups in total. The molecule has 1 fully saturated rings. The molecule has 0 aromatic heterocycles. The van der Waals surface area contributed by atoms with Gasteiger partial charge in [0.1, 0.15) is 0 Å². The minimum atomic E-state index is 0.338. The lowest BCUT2D eigenvalue weighted by atomic mass is 10.0. The third-order valence-corrected chi connectivity index (χ3v) is 3.07. The molecule has 1 saturated heterocycles. The van der Waals surface area contributed by atoms with Crippen LogP contribution < -0.4 is 5.32 Å². The van der Waals surface area contributed by atoms with Gasteiger partial charge < -0.3 is 10.1 Å². The highest BCUT2D eigenvalue weighted by molar-refractivity contribution is 5.43. The Labute approximate surface area is 89.9 Å². The van der Waals surface area contributed by atoms with Gasteiger partial charge in [0.25, 0.3) is 0 Å². The Morgan fingerprint density at radius 1 is 1.00 bits per heavy atom. The number of para-hydroxylation sites is 1. The summed E-state index contributed by atoms with van der Waals surface area (Å²) in [4.78, 5) is 0. The van der Waals surface area contributed by atoms with E-state index in [9.17, 15) is 0 Å². The van der Waals surface area contributed by atoms with Crippen LogP contribution in [-0.4, -0.2) is 18.2 Å². The number of hydrogen-bond acceptors (Lipinski definition) is 2. The van der Waals surface area contributed by atoms with Crippen molar-refractivity contribution in [3.8, 4) is 0 Å². The third-order valence-electron chi connectivity index (χ3n) is 3.07. The summed E-state index contributed by atoms with van der Waals surface area (Å²) in [6, 6.07) is 10.9. The van der Waals surface area contributed by atoms with Crippen molar-refractivity contribution >= 4 is 5.69 Å². The van der Waals surface area contributed by atoms with Crippen molar-refractivity contribution in [1.82, 2.24) is 0 Å². The maximum absolute atomic E-state index is 5.71. The van der Waals surface area contributed by atoms with Crippen LogP contribution in [0.15, 0.2) is 42.5 Å². The van der Waals surface area contributed by atoms with E-state index in [1.165, 1.54) is 5.69 Å². The number of benzene rings is 1. The monoisotopic (exact) mass is 201 g/mol. The van der Waals surface area contributed by atoms with E-state index in [1.807, 2.05) is 6.07 Å². The third kappa shape index (κ3) is 1.90. The highest BCUT2D eigenvalue weighted by atomic mass is 16.5. The molecule has 3 rings (SSSR count). The van der Waals surface area contributed by atoms with Crippen LogP contribution in [0.5, 0.6) is 0 Å². The summed E-state index contributed by atoms with van der Waals surface area (Å²) >= 11 is 0. The van der Waals surface area contributed by atoms with Crippen molar-refractivity contribution in [2.24, 2.45) is 0 Å². The van der Waals surface area contributed by atoms with E-state index in [-0.39, 0.29) is 0 Å². The topological polar surface area (TPSA) is 21.3 Å². The minimum Gasteiger partial charge on any atom is -0.382 e. The minimum absolute atomic E-state index is 0.338. The van der Waals surface area contributed by atoms with E-state index < -0.39 is 0 Å². The van der Waals surface area contributed by atoms with Crippen LogP contribution in [0.25, 0.3) is 0 Å². The SMILES string of the molecule is C1=C[C@H]2CC(Nc3ccccc3)C[C@@H]1O2. The number of nitrogens with one attached hydrogen (secondary N) is 1. The van der Waals surface area contributed by atoms with E-state index in [1.54, 1.807) is 0 Å². The summed E-state index contributed by atoms with van der Waals surface area (Å²) in [5, 5.41) is 3.56. The molecular weight excluding hydrogens is 186 g/mol. The van der Waals surface area contributed by atoms with E-state index in [0.717, 1.165) is 12.8 Å². The van der Waals surface area contributed by atoms with E-state index in [0.29, 0.717) is 18.2 Å². The maximum atomic E-state index is 5.71. The number of hydrogen-bond donors (Lipinski definition) is 1.